The summed E-state index contributed by atoms with van der Waals surface area (Å²) >= 11 is 6.58. The van der Waals surface area contributed by atoms with Crippen molar-refractivity contribution in [3.63, 3.8) is 0 Å². The standard InChI is InChI=1S/C6H8ClN3OS/c1-2-3-8-4(11)5-9-10-6(7)12-5/h2-3H2,1H3,(H,8,11). The normalized spacial score (nSPS) is 9.83. The lowest BCUT2D eigenvalue weighted by atomic mass is 10.5. The van der Waals surface area contributed by atoms with Crippen LogP contribution in [-0.2, 0) is 0 Å². The van der Waals surface area contributed by atoms with Crippen LogP contribution < -0.4 is 5.32 Å². The molecule has 12 heavy (non-hydrogen) atoms. The summed E-state index contributed by atoms with van der Waals surface area (Å²) < 4.78 is 0.289. The van der Waals surface area contributed by atoms with Gasteiger partial charge in [-0.2, -0.15) is 0 Å². The summed E-state index contributed by atoms with van der Waals surface area (Å²) in [5.41, 5.74) is 0. The van der Waals surface area contributed by atoms with Crippen LogP contribution in [0.5, 0.6) is 0 Å². The molecule has 1 aromatic rings. The third-order valence-electron chi connectivity index (χ3n) is 1.13. The van der Waals surface area contributed by atoms with Gasteiger partial charge in [0, 0.05) is 6.54 Å². The monoisotopic (exact) mass is 205 g/mol. The van der Waals surface area contributed by atoms with Gasteiger partial charge in [0.25, 0.3) is 5.91 Å². The summed E-state index contributed by atoms with van der Waals surface area (Å²) in [4.78, 5) is 11.2. The number of hydrogen-bond acceptors (Lipinski definition) is 4. The van der Waals surface area contributed by atoms with Gasteiger partial charge in [-0.15, -0.1) is 10.2 Å². The first kappa shape index (κ1) is 9.41. The molecule has 1 aromatic heterocycles. The highest BCUT2D eigenvalue weighted by atomic mass is 35.5. The molecule has 0 atom stereocenters. The van der Waals surface area contributed by atoms with Gasteiger partial charge >= 0.3 is 0 Å². The summed E-state index contributed by atoms with van der Waals surface area (Å²) in [6.45, 7) is 2.63. The molecule has 0 bridgehead atoms. The molecule has 6 heteroatoms. The van der Waals surface area contributed by atoms with Gasteiger partial charge in [0.2, 0.25) is 9.47 Å². The second-order valence-corrected chi connectivity index (χ2v) is 3.68. The van der Waals surface area contributed by atoms with Crippen LogP contribution >= 0.6 is 22.9 Å². The van der Waals surface area contributed by atoms with Gasteiger partial charge in [0.15, 0.2) is 0 Å². The Kier molecular flexibility index (Phi) is 3.43. The second kappa shape index (κ2) is 4.37. The number of halogens is 1. The predicted molar refractivity (Wildman–Crippen MR) is 47.5 cm³/mol. The van der Waals surface area contributed by atoms with Crippen molar-refractivity contribution >= 4 is 28.8 Å². The molecule has 0 aliphatic rings. The minimum atomic E-state index is -0.207. The Bertz CT molecular complexity index is 276. The Morgan fingerprint density at radius 2 is 2.42 bits per heavy atom. The molecule has 1 heterocycles. The highest BCUT2D eigenvalue weighted by molar-refractivity contribution is 7.17. The van der Waals surface area contributed by atoms with Crippen LogP contribution in [0.3, 0.4) is 0 Å². The van der Waals surface area contributed by atoms with Crippen molar-refractivity contribution in [2.24, 2.45) is 0 Å². The molecule has 0 saturated heterocycles. The fourth-order valence-electron chi connectivity index (χ4n) is 0.611. The largest absolute Gasteiger partial charge is 0.350 e. The van der Waals surface area contributed by atoms with E-state index in [2.05, 4.69) is 15.5 Å². The van der Waals surface area contributed by atoms with E-state index in [1.54, 1.807) is 0 Å². The molecule has 0 fully saturated rings. The van der Waals surface area contributed by atoms with Crippen molar-refractivity contribution in [2.45, 2.75) is 13.3 Å². The van der Waals surface area contributed by atoms with Crippen LogP contribution in [0.15, 0.2) is 0 Å². The number of nitrogens with one attached hydrogen (secondary N) is 1. The van der Waals surface area contributed by atoms with E-state index in [-0.39, 0.29) is 10.4 Å². The van der Waals surface area contributed by atoms with Gasteiger partial charge in [-0.25, -0.2) is 0 Å². The van der Waals surface area contributed by atoms with E-state index < -0.39 is 0 Å². The van der Waals surface area contributed by atoms with Crippen molar-refractivity contribution in [1.29, 1.82) is 0 Å². The Morgan fingerprint density at radius 1 is 1.67 bits per heavy atom. The van der Waals surface area contributed by atoms with Crippen LogP contribution in [0.4, 0.5) is 0 Å². The van der Waals surface area contributed by atoms with E-state index in [9.17, 15) is 4.79 Å². The number of carbonyl (C=O) groups is 1. The topological polar surface area (TPSA) is 54.9 Å². The highest BCUT2D eigenvalue weighted by Crippen LogP contribution is 2.14. The van der Waals surface area contributed by atoms with Crippen LogP contribution in [0.2, 0.25) is 4.47 Å². The third kappa shape index (κ3) is 2.42. The number of hydrogen-bond donors (Lipinski definition) is 1. The molecule has 0 aromatic carbocycles. The molecule has 1 N–H and O–H groups in total. The Morgan fingerprint density at radius 3 is 2.92 bits per heavy atom. The zero-order valence-corrected chi connectivity index (χ0v) is 8.08. The fraction of sp³-hybridized carbons (Fsp3) is 0.500. The predicted octanol–water partition coefficient (Wildman–Crippen LogP) is 1.33. The first-order valence-corrected chi connectivity index (χ1v) is 4.70. The summed E-state index contributed by atoms with van der Waals surface area (Å²) in [6, 6.07) is 0. The van der Waals surface area contributed by atoms with E-state index in [1.165, 1.54) is 0 Å². The molecule has 0 aliphatic carbocycles. The zero-order chi connectivity index (χ0) is 8.97. The number of nitrogens with zero attached hydrogens (tertiary/aromatic N) is 2. The maximum atomic E-state index is 11.2. The van der Waals surface area contributed by atoms with Gasteiger partial charge in [-0.3, -0.25) is 4.79 Å². The number of carbonyl (C=O) groups excluding carboxylic acids is 1. The summed E-state index contributed by atoms with van der Waals surface area (Å²) in [5, 5.41) is 10.1. The van der Waals surface area contributed by atoms with Gasteiger partial charge in [-0.05, 0) is 18.0 Å². The quantitative estimate of drug-likeness (QED) is 0.810. The first-order valence-electron chi connectivity index (χ1n) is 3.51. The molecular weight excluding hydrogens is 198 g/mol. The average molecular weight is 206 g/mol. The van der Waals surface area contributed by atoms with E-state index in [1.807, 2.05) is 6.92 Å². The van der Waals surface area contributed by atoms with Crippen molar-refractivity contribution in [3.8, 4) is 0 Å². The van der Waals surface area contributed by atoms with Crippen molar-refractivity contribution < 1.29 is 4.79 Å². The van der Waals surface area contributed by atoms with Gasteiger partial charge < -0.3 is 5.32 Å². The minimum absolute atomic E-state index is 0.207. The number of rotatable bonds is 3. The van der Waals surface area contributed by atoms with Crippen molar-refractivity contribution in [2.75, 3.05) is 6.54 Å². The van der Waals surface area contributed by atoms with Crippen LogP contribution in [-0.4, -0.2) is 22.6 Å². The smallest absolute Gasteiger partial charge is 0.282 e. The fourth-order valence-corrected chi connectivity index (χ4v) is 1.36. The lowest BCUT2D eigenvalue weighted by molar-refractivity contribution is 0.0952. The molecular formula is C6H8ClN3OS. The number of amides is 1. The summed E-state index contributed by atoms with van der Waals surface area (Å²) in [7, 11) is 0. The van der Waals surface area contributed by atoms with Crippen molar-refractivity contribution in [1.82, 2.24) is 15.5 Å². The second-order valence-electron chi connectivity index (χ2n) is 2.12. The van der Waals surface area contributed by atoms with Crippen LogP contribution in [0, 0.1) is 0 Å². The van der Waals surface area contributed by atoms with E-state index in [4.69, 9.17) is 11.6 Å². The maximum absolute atomic E-state index is 11.2. The van der Waals surface area contributed by atoms with Crippen molar-refractivity contribution in [3.05, 3.63) is 9.47 Å². The Balaban J connectivity index is 2.53. The SMILES string of the molecule is CCCNC(=O)c1nnc(Cl)s1. The molecule has 1 amide bonds. The Hall–Kier alpha value is -0.680. The summed E-state index contributed by atoms with van der Waals surface area (Å²) in [5.74, 6) is -0.207. The number of aromatic nitrogens is 2. The van der Waals surface area contributed by atoms with Crippen LogP contribution in [0.25, 0.3) is 0 Å². The molecule has 0 spiro atoms. The zero-order valence-electron chi connectivity index (χ0n) is 6.50. The van der Waals surface area contributed by atoms with E-state index >= 15 is 0 Å². The minimum Gasteiger partial charge on any atom is -0.350 e. The molecule has 0 unspecified atom stereocenters. The average Bonchev–Trinajstić information content (AvgIpc) is 2.47. The molecule has 0 radical (unpaired) electrons. The lowest BCUT2D eigenvalue weighted by Crippen LogP contribution is -2.23. The molecule has 4 nitrogen and oxygen atoms in total. The molecule has 66 valence electrons. The highest BCUT2D eigenvalue weighted by Gasteiger charge is 2.09. The summed E-state index contributed by atoms with van der Waals surface area (Å²) in [6.07, 6.45) is 0.901. The van der Waals surface area contributed by atoms with E-state index in [0.717, 1.165) is 17.8 Å². The van der Waals surface area contributed by atoms with Gasteiger partial charge in [0.1, 0.15) is 0 Å². The lowest BCUT2D eigenvalue weighted by Gasteiger charge is -1.96. The first-order chi connectivity index (χ1) is 5.74. The van der Waals surface area contributed by atoms with Gasteiger partial charge in [-0.1, -0.05) is 18.3 Å². The Labute approximate surface area is 79.0 Å². The molecule has 1 rings (SSSR count). The van der Waals surface area contributed by atoms with Gasteiger partial charge in [0.05, 0.1) is 0 Å². The van der Waals surface area contributed by atoms with Crippen LogP contribution in [0.1, 0.15) is 23.1 Å². The van der Waals surface area contributed by atoms with E-state index in [0.29, 0.717) is 11.6 Å². The molecule has 0 aliphatic heterocycles. The third-order valence-corrected chi connectivity index (χ3v) is 2.15. The maximum Gasteiger partial charge on any atom is 0.282 e. The molecule has 0 saturated carbocycles.